The molecule has 0 amide bonds. The predicted octanol–water partition coefficient (Wildman–Crippen LogP) is 3.83. The van der Waals surface area contributed by atoms with E-state index in [1.54, 1.807) is 0 Å². The number of carbonyl (C=O) groups is 1. The number of carboxylic acid groups (broad SMARTS) is 1. The van der Waals surface area contributed by atoms with Crippen LogP contribution < -0.4 is 0 Å². The highest BCUT2D eigenvalue weighted by molar-refractivity contribution is 5.74. The molecule has 0 fully saturated rings. The zero-order chi connectivity index (χ0) is 14.1. The molecule has 6 heteroatoms. The van der Waals surface area contributed by atoms with Gasteiger partial charge in [-0.05, 0) is 31.5 Å². The van der Waals surface area contributed by atoms with Gasteiger partial charge in [0.25, 0.3) is 0 Å². The molecular weight excluding hydrogens is 252 g/mol. The minimum Gasteiger partial charge on any atom is -0.481 e. The highest BCUT2D eigenvalue weighted by atomic mass is 19.4. The normalized spacial score (nSPS) is 14.3. The zero-order valence-electron chi connectivity index (χ0n) is 9.75. The Balaban J connectivity index is 3.03. The van der Waals surface area contributed by atoms with Crippen LogP contribution in [0.4, 0.5) is 17.6 Å². The van der Waals surface area contributed by atoms with E-state index in [1.165, 1.54) is 13.8 Å². The molecule has 0 heterocycles. The first-order chi connectivity index (χ1) is 8.06. The molecule has 100 valence electrons. The Kier molecular flexibility index (Phi) is 3.69. The molecule has 0 aromatic heterocycles. The van der Waals surface area contributed by atoms with E-state index < -0.39 is 29.3 Å². The van der Waals surface area contributed by atoms with Crippen LogP contribution in [0.2, 0.25) is 0 Å². The summed E-state index contributed by atoms with van der Waals surface area (Å²) in [4.78, 5) is 10.8. The molecule has 0 bridgehead atoms. The lowest BCUT2D eigenvalue weighted by Crippen LogP contribution is -2.29. The molecule has 2 nitrogen and oxygen atoms in total. The van der Waals surface area contributed by atoms with Crippen molar-refractivity contribution in [2.45, 2.75) is 26.2 Å². The van der Waals surface area contributed by atoms with Crippen molar-refractivity contribution in [3.05, 3.63) is 35.4 Å². The lowest BCUT2D eigenvalue weighted by molar-refractivity contribution is -0.151. The van der Waals surface area contributed by atoms with E-state index in [1.807, 2.05) is 0 Å². The van der Waals surface area contributed by atoms with Crippen molar-refractivity contribution >= 4 is 5.97 Å². The smallest absolute Gasteiger partial charge is 0.416 e. The molecule has 0 radical (unpaired) electrons. The molecule has 1 aromatic rings. The fourth-order valence-electron chi connectivity index (χ4n) is 1.37. The summed E-state index contributed by atoms with van der Waals surface area (Å²) in [5, 5.41) is 8.84. The zero-order valence-corrected chi connectivity index (χ0v) is 9.75. The Hall–Kier alpha value is -1.59. The van der Waals surface area contributed by atoms with Crippen molar-refractivity contribution in [3.63, 3.8) is 0 Å². The number of hydrogen-bond donors (Lipinski definition) is 1. The maximum absolute atomic E-state index is 13.9. The first-order valence-electron chi connectivity index (χ1n) is 5.11. The predicted molar refractivity (Wildman–Crippen MR) is 56.7 cm³/mol. The van der Waals surface area contributed by atoms with Gasteiger partial charge in [-0.3, -0.25) is 4.79 Å². The first kappa shape index (κ1) is 14.5. The van der Waals surface area contributed by atoms with Crippen LogP contribution in [0, 0.1) is 5.41 Å². The second kappa shape index (κ2) is 4.59. The van der Waals surface area contributed by atoms with Crippen LogP contribution >= 0.6 is 0 Å². The fourth-order valence-corrected chi connectivity index (χ4v) is 1.37. The highest BCUT2D eigenvalue weighted by Gasteiger charge is 2.39. The molecule has 0 aliphatic heterocycles. The average Bonchev–Trinajstić information content (AvgIpc) is 2.26. The van der Waals surface area contributed by atoms with Gasteiger partial charge in [-0.2, -0.15) is 13.2 Å². The third-order valence-electron chi connectivity index (χ3n) is 2.72. The maximum Gasteiger partial charge on any atom is 0.416 e. The summed E-state index contributed by atoms with van der Waals surface area (Å²) >= 11 is 0. The Bertz CT molecular complexity index is 434. The highest BCUT2D eigenvalue weighted by Crippen LogP contribution is 2.38. The van der Waals surface area contributed by atoms with Crippen molar-refractivity contribution in [1.29, 1.82) is 0 Å². The van der Waals surface area contributed by atoms with Crippen molar-refractivity contribution in [1.82, 2.24) is 0 Å². The van der Waals surface area contributed by atoms with Crippen molar-refractivity contribution in [3.8, 4) is 0 Å². The van der Waals surface area contributed by atoms with E-state index in [0.717, 1.165) is 24.3 Å². The van der Waals surface area contributed by atoms with Gasteiger partial charge in [0, 0.05) is 0 Å². The molecule has 18 heavy (non-hydrogen) atoms. The monoisotopic (exact) mass is 264 g/mol. The standard InChI is InChI=1S/C12H12F4O2/c1-11(2,10(17)18)9(13)7-3-5-8(6-4-7)12(14,15)16/h3-6,9H,1-2H3,(H,17,18). The lowest BCUT2D eigenvalue weighted by Gasteiger charge is -2.24. The summed E-state index contributed by atoms with van der Waals surface area (Å²) in [5.41, 5.74) is -2.68. The Morgan fingerprint density at radius 2 is 1.61 bits per heavy atom. The minimum absolute atomic E-state index is 0.0876. The van der Waals surface area contributed by atoms with Gasteiger partial charge in [0.1, 0.15) is 6.17 Å². The number of alkyl halides is 4. The van der Waals surface area contributed by atoms with Gasteiger partial charge in [0.05, 0.1) is 11.0 Å². The Labute approximate surface area is 101 Å². The lowest BCUT2D eigenvalue weighted by atomic mass is 9.83. The molecule has 1 unspecified atom stereocenters. The molecule has 1 rings (SSSR count). The van der Waals surface area contributed by atoms with E-state index in [-0.39, 0.29) is 5.56 Å². The molecule has 0 saturated heterocycles. The van der Waals surface area contributed by atoms with Crippen LogP contribution in [0.1, 0.15) is 31.1 Å². The number of aliphatic carboxylic acids is 1. The molecule has 1 aromatic carbocycles. The third-order valence-corrected chi connectivity index (χ3v) is 2.72. The van der Waals surface area contributed by atoms with Crippen molar-refractivity contribution in [2.24, 2.45) is 5.41 Å². The van der Waals surface area contributed by atoms with Crippen LogP contribution in [-0.2, 0) is 11.0 Å². The molecule has 0 saturated carbocycles. The topological polar surface area (TPSA) is 37.3 Å². The van der Waals surface area contributed by atoms with E-state index in [4.69, 9.17) is 5.11 Å². The first-order valence-corrected chi connectivity index (χ1v) is 5.11. The fraction of sp³-hybridized carbons (Fsp3) is 0.417. The van der Waals surface area contributed by atoms with Gasteiger partial charge >= 0.3 is 12.1 Å². The summed E-state index contributed by atoms with van der Waals surface area (Å²) in [7, 11) is 0. The number of hydrogen-bond acceptors (Lipinski definition) is 1. The van der Waals surface area contributed by atoms with Crippen LogP contribution in [0.5, 0.6) is 0 Å². The molecule has 1 N–H and O–H groups in total. The van der Waals surface area contributed by atoms with E-state index in [9.17, 15) is 22.4 Å². The van der Waals surface area contributed by atoms with E-state index in [2.05, 4.69) is 0 Å². The van der Waals surface area contributed by atoms with Gasteiger partial charge < -0.3 is 5.11 Å². The summed E-state index contributed by atoms with van der Waals surface area (Å²) in [6.07, 6.45) is -6.37. The van der Waals surface area contributed by atoms with E-state index in [0.29, 0.717) is 0 Å². The number of benzene rings is 1. The second-order valence-electron chi connectivity index (χ2n) is 4.51. The molecule has 1 atom stereocenters. The quantitative estimate of drug-likeness (QED) is 0.842. The number of carboxylic acids is 1. The van der Waals surface area contributed by atoms with Crippen LogP contribution in [0.25, 0.3) is 0 Å². The van der Waals surface area contributed by atoms with Gasteiger partial charge in [-0.15, -0.1) is 0 Å². The van der Waals surface area contributed by atoms with Gasteiger partial charge in [0.2, 0.25) is 0 Å². The van der Waals surface area contributed by atoms with Crippen molar-refractivity contribution in [2.75, 3.05) is 0 Å². The third kappa shape index (κ3) is 2.80. The number of halogens is 4. The van der Waals surface area contributed by atoms with Crippen LogP contribution in [-0.4, -0.2) is 11.1 Å². The van der Waals surface area contributed by atoms with Crippen molar-refractivity contribution < 1.29 is 27.5 Å². The largest absolute Gasteiger partial charge is 0.481 e. The van der Waals surface area contributed by atoms with E-state index >= 15 is 0 Å². The molecule has 0 aliphatic carbocycles. The SMILES string of the molecule is CC(C)(C(=O)O)C(F)c1ccc(C(F)(F)F)cc1. The Morgan fingerprint density at radius 3 is 1.94 bits per heavy atom. The van der Waals surface area contributed by atoms with Crippen LogP contribution in [0.3, 0.4) is 0 Å². The molecule has 0 aliphatic rings. The van der Waals surface area contributed by atoms with Gasteiger partial charge in [0.15, 0.2) is 0 Å². The van der Waals surface area contributed by atoms with Gasteiger partial charge in [-0.1, -0.05) is 12.1 Å². The Morgan fingerprint density at radius 1 is 1.17 bits per heavy atom. The summed E-state index contributed by atoms with van der Waals surface area (Å²) in [6, 6.07) is 3.38. The minimum atomic E-state index is -4.49. The summed E-state index contributed by atoms with van der Waals surface area (Å²) < 4.78 is 50.8. The number of rotatable bonds is 3. The second-order valence-corrected chi connectivity index (χ2v) is 4.51. The molecule has 0 spiro atoms. The van der Waals surface area contributed by atoms with Crippen LogP contribution in [0.15, 0.2) is 24.3 Å². The summed E-state index contributed by atoms with van der Waals surface area (Å²) in [6.45, 7) is 2.36. The average molecular weight is 264 g/mol. The summed E-state index contributed by atoms with van der Waals surface area (Å²) in [5.74, 6) is -1.35. The maximum atomic E-state index is 13.9. The molecular formula is C12H12F4O2. The van der Waals surface area contributed by atoms with Gasteiger partial charge in [-0.25, -0.2) is 4.39 Å².